The number of Topliss-reactive ketones (excluding diaryl/α,β-unsaturated/α-hetero) is 1. The molecule has 0 aliphatic rings. The minimum absolute atomic E-state index is 0.0870. The van der Waals surface area contributed by atoms with E-state index < -0.39 is 0 Å². The molecule has 10 heteroatoms. The van der Waals surface area contributed by atoms with Gasteiger partial charge in [-0.1, -0.05) is 29.8 Å². The molecular weight excluding hydrogens is 442 g/mol. The van der Waals surface area contributed by atoms with Crippen molar-refractivity contribution in [2.75, 3.05) is 11.4 Å². The Morgan fingerprint density at radius 2 is 1.97 bits per heavy atom. The van der Waals surface area contributed by atoms with Crippen molar-refractivity contribution in [2.24, 2.45) is 0 Å². The Hall–Kier alpha value is -3.98. The third-order valence-corrected chi connectivity index (χ3v) is 5.87. The molecule has 5 aromatic rings. The van der Waals surface area contributed by atoms with Gasteiger partial charge < -0.3 is 9.88 Å². The van der Waals surface area contributed by atoms with Crippen LogP contribution < -0.4 is 10.5 Å². The quantitative estimate of drug-likeness (QED) is 0.387. The van der Waals surface area contributed by atoms with Crippen molar-refractivity contribution in [2.45, 2.75) is 20.4 Å². The van der Waals surface area contributed by atoms with E-state index in [2.05, 4.69) is 15.0 Å². The first-order chi connectivity index (χ1) is 16.0. The van der Waals surface area contributed by atoms with Crippen molar-refractivity contribution >= 4 is 39.8 Å². The summed E-state index contributed by atoms with van der Waals surface area (Å²) in [5.41, 5.74) is 1.81. The van der Waals surface area contributed by atoms with E-state index in [1.807, 2.05) is 42.2 Å². The molecular formula is C23H20ClN7O2. The van der Waals surface area contributed by atoms with Crippen LogP contribution in [-0.2, 0) is 6.54 Å². The molecule has 1 N–H and O–H groups in total. The van der Waals surface area contributed by atoms with Crippen LogP contribution in [0.4, 0.5) is 5.82 Å². The first-order valence-corrected chi connectivity index (χ1v) is 10.8. The first kappa shape index (κ1) is 20.9. The zero-order valence-electron chi connectivity index (χ0n) is 18.0. The van der Waals surface area contributed by atoms with E-state index in [1.165, 1.54) is 17.8 Å². The Balaban J connectivity index is 1.71. The third kappa shape index (κ3) is 3.46. The molecule has 4 aromatic heterocycles. The number of rotatable bonds is 6. The normalized spacial score (nSPS) is 11.4. The van der Waals surface area contributed by atoms with Gasteiger partial charge in [0, 0.05) is 24.5 Å². The SMILES string of the molecule is CCN(Cc1nn2ccc(Cl)c2c(=O)n1-c1ccccc1)c1ncnc2[nH]cc(C(C)=O)c12. The van der Waals surface area contributed by atoms with Crippen molar-refractivity contribution in [1.82, 2.24) is 29.1 Å². The lowest BCUT2D eigenvalue weighted by Crippen LogP contribution is -2.32. The van der Waals surface area contributed by atoms with E-state index in [-0.39, 0.29) is 17.9 Å². The summed E-state index contributed by atoms with van der Waals surface area (Å²) in [4.78, 5) is 39.4. The predicted octanol–water partition coefficient (Wildman–Crippen LogP) is 3.64. The fraction of sp³-hybridized carbons (Fsp3) is 0.174. The third-order valence-electron chi connectivity index (χ3n) is 5.56. The first-order valence-electron chi connectivity index (χ1n) is 10.4. The summed E-state index contributed by atoms with van der Waals surface area (Å²) in [6.07, 6.45) is 4.76. The molecule has 4 heterocycles. The highest BCUT2D eigenvalue weighted by Crippen LogP contribution is 2.28. The van der Waals surface area contributed by atoms with Gasteiger partial charge in [0.15, 0.2) is 11.6 Å². The van der Waals surface area contributed by atoms with Crippen LogP contribution in [0, 0.1) is 0 Å². The number of hydrogen-bond acceptors (Lipinski definition) is 6. The molecule has 0 unspecified atom stereocenters. The summed E-state index contributed by atoms with van der Waals surface area (Å²) < 4.78 is 3.06. The minimum Gasteiger partial charge on any atom is -0.349 e. The lowest BCUT2D eigenvalue weighted by Gasteiger charge is -2.24. The zero-order valence-corrected chi connectivity index (χ0v) is 18.7. The van der Waals surface area contributed by atoms with Gasteiger partial charge in [0.05, 0.1) is 22.6 Å². The lowest BCUT2D eigenvalue weighted by atomic mass is 10.1. The van der Waals surface area contributed by atoms with Gasteiger partial charge >= 0.3 is 0 Å². The smallest absolute Gasteiger partial charge is 0.284 e. The highest BCUT2D eigenvalue weighted by molar-refractivity contribution is 6.33. The minimum atomic E-state index is -0.267. The molecule has 166 valence electrons. The second-order valence-electron chi connectivity index (χ2n) is 7.54. The zero-order chi connectivity index (χ0) is 23.1. The number of halogens is 1. The van der Waals surface area contributed by atoms with Gasteiger partial charge in [0.25, 0.3) is 5.56 Å². The van der Waals surface area contributed by atoms with Crippen LogP contribution in [0.2, 0.25) is 5.02 Å². The number of para-hydroxylation sites is 1. The maximum Gasteiger partial charge on any atom is 0.284 e. The maximum atomic E-state index is 13.5. The molecule has 0 spiro atoms. The van der Waals surface area contributed by atoms with Crippen LogP contribution in [0.3, 0.4) is 0 Å². The summed E-state index contributed by atoms with van der Waals surface area (Å²) in [5, 5.41) is 5.69. The number of benzene rings is 1. The van der Waals surface area contributed by atoms with Gasteiger partial charge in [-0.05, 0) is 32.0 Å². The number of aromatic amines is 1. The van der Waals surface area contributed by atoms with Crippen LogP contribution in [0.25, 0.3) is 22.2 Å². The molecule has 0 saturated heterocycles. The Morgan fingerprint density at radius 3 is 2.70 bits per heavy atom. The van der Waals surface area contributed by atoms with Crippen LogP contribution >= 0.6 is 11.6 Å². The Bertz CT molecular complexity index is 1550. The summed E-state index contributed by atoms with van der Waals surface area (Å²) in [7, 11) is 0. The molecule has 0 saturated carbocycles. The van der Waals surface area contributed by atoms with Gasteiger partial charge in [-0.2, -0.15) is 5.10 Å². The highest BCUT2D eigenvalue weighted by Gasteiger charge is 2.22. The van der Waals surface area contributed by atoms with Crippen molar-refractivity contribution in [3.8, 4) is 5.69 Å². The molecule has 0 fully saturated rings. The van der Waals surface area contributed by atoms with Crippen molar-refractivity contribution in [3.63, 3.8) is 0 Å². The monoisotopic (exact) mass is 461 g/mol. The van der Waals surface area contributed by atoms with E-state index in [0.717, 1.165) is 0 Å². The molecule has 33 heavy (non-hydrogen) atoms. The standard InChI is InChI=1S/C23H20ClN7O2/c1-3-29(22-19-16(14(2)32)11-25-21(19)26-13-27-22)12-18-28-30-10-9-17(24)20(30)23(33)31(18)15-7-5-4-6-8-15/h4-11,13H,3,12H2,1-2H3,(H,25,26,27). The van der Waals surface area contributed by atoms with Gasteiger partial charge in [0.2, 0.25) is 0 Å². The number of carbonyl (C=O) groups is 1. The molecule has 9 nitrogen and oxygen atoms in total. The molecule has 0 atom stereocenters. The van der Waals surface area contributed by atoms with Gasteiger partial charge in [-0.3, -0.25) is 14.2 Å². The van der Waals surface area contributed by atoms with Crippen molar-refractivity contribution < 1.29 is 4.79 Å². The number of aromatic nitrogens is 6. The van der Waals surface area contributed by atoms with Crippen LogP contribution in [0.5, 0.6) is 0 Å². The lowest BCUT2D eigenvalue weighted by molar-refractivity contribution is 0.101. The van der Waals surface area contributed by atoms with Gasteiger partial charge in [-0.25, -0.2) is 14.5 Å². The maximum absolute atomic E-state index is 13.5. The average Bonchev–Trinajstić information content (AvgIpc) is 3.42. The number of ketones is 1. The number of fused-ring (bicyclic) bond motifs is 2. The van der Waals surface area contributed by atoms with Gasteiger partial charge in [0.1, 0.15) is 23.3 Å². The summed E-state index contributed by atoms with van der Waals surface area (Å²) in [5.74, 6) is 1.00. The molecule has 0 amide bonds. The fourth-order valence-corrected chi connectivity index (χ4v) is 4.22. The number of carbonyl (C=O) groups excluding carboxylic acids is 1. The predicted molar refractivity (Wildman–Crippen MR) is 126 cm³/mol. The molecule has 0 aliphatic heterocycles. The number of nitrogens with one attached hydrogen (secondary N) is 1. The second kappa shape index (κ2) is 8.18. The van der Waals surface area contributed by atoms with Gasteiger partial charge in [-0.15, -0.1) is 0 Å². The molecule has 5 rings (SSSR count). The number of H-pyrrole nitrogens is 1. The number of hydrogen-bond donors (Lipinski definition) is 1. The number of nitrogens with zero attached hydrogens (tertiary/aromatic N) is 6. The summed E-state index contributed by atoms with van der Waals surface area (Å²) >= 11 is 6.28. The van der Waals surface area contributed by atoms with E-state index in [0.29, 0.717) is 51.0 Å². The van der Waals surface area contributed by atoms with Crippen LogP contribution in [0.1, 0.15) is 30.0 Å². The average molecular weight is 462 g/mol. The van der Waals surface area contributed by atoms with Crippen molar-refractivity contribution in [1.29, 1.82) is 0 Å². The molecule has 0 aliphatic carbocycles. The Kier molecular flexibility index (Phi) is 5.18. The Labute approximate surface area is 193 Å². The molecule has 1 aromatic carbocycles. The van der Waals surface area contributed by atoms with E-state index >= 15 is 0 Å². The fourth-order valence-electron chi connectivity index (χ4n) is 3.99. The summed E-state index contributed by atoms with van der Waals surface area (Å²) in [6.45, 7) is 4.31. The summed E-state index contributed by atoms with van der Waals surface area (Å²) in [6, 6.07) is 10.9. The van der Waals surface area contributed by atoms with E-state index in [1.54, 1.807) is 23.0 Å². The Morgan fingerprint density at radius 1 is 1.18 bits per heavy atom. The topological polar surface area (TPSA) is 101 Å². The number of anilines is 1. The largest absolute Gasteiger partial charge is 0.349 e. The molecule has 0 bridgehead atoms. The van der Waals surface area contributed by atoms with Crippen molar-refractivity contribution in [3.05, 3.63) is 81.9 Å². The molecule has 0 radical (unpaired) electrons. The van der Waals surface area contributed by atoms with Crippen LogP contribution in [-0.4, -0.2) is 41.5 Å². The second-order valence-corrected chi connectivity index (χ2v) is 7.95. The van der Waals surface area contributed by atoms with E-state index in [4.69, 9.17) is 16.7 Å². The van der Waals surface area contributed by atoms with Crippen LogP contribution in [0.15, 0.2) is 59.9 Å². The highest BCUT2D eigenvalue weighted by atomic mass is 35.5. The van der Waals surface area contributed by atoms with E-state index in [9.17, 15) is 9.59 Å².